The quantitative estimate of drug-likeness (QED) is 0.858. The molecule has 1 saturated carbocycles. The summed E-state index contributed by atoms with van der Waals surface area (Å²) < 4.78 is 10.4. The predicted molar refractivity (Wildman–Crippen MR) is 88.4 cm³/mol. The molecule has 1 aliphatic carbocycles. The van der Waals surface area contributed by atoms with Gasteiger partial charge in [-0.1, -0.05) is 0 Å². The number of carbonyl (C=O) groups is 1. The van der Waals surface area contributed by atoms with E-state index >= 15 is 0 Å². The normalized spacial score (nSPS) is 13.3. The molecule has 0 spiro atoms. The first-order valence-electron chi connectivity index (χ1n) is 7.45. The third kappa shape index (κ3) is 3.71. The van der Waals surface area contributed by atoms with Gasteiger partial charge in [-0.15, -0.1) is 0 Å². The number of nitrogens with one attached hydrogen (secondary N) is 2. The molecule has 1 amide bonds. The second-order valence-electron chi connectivity index (χ2n) is 5.37. The fraction of sp³-hybridized carbons (Fsp3) is 0.294. The van der Waals surface area contributed by atoms with Crippen molar-refractivity contribution in [3.05, 3.63) is 42.2 Å². The van der Waals surface area contributed by atoms with E-state index in [-0.39, 0.29) is 5.91 Å². The van der Waals surface area contributed by atoms with Crippen molar-refractivity contribution in [2.75, 3.05) is 24.9 Å². The number of amides is 1. The number of ether oxygens (including phenoxy) is 2. The lowest BCUT2D eigenvalue weighted by Gasteiger charge is -2.11. The molecule has 0 unspecified atom stereocenters. The summed E-state index contributed by atoms with van der Waals surface area (Å²) in [4.78, 5) is 16.5. The van der Waals surface area contributed by atoms with E-state index in [0.717, 1.165) is 5.69 Å². The predicted octanol–water partition coefficient (Wildman–Crippen LogP) is 2.93. The zero-order valence-corrected chi connectivity index (χ0v) is 13.1. The van der Waals surface area contributed by atoms with Crippen LogP contribution >= 0.6 is 0 Å². The minimum absolute atomic E-state index is 0.267. The number of pyridine rings is 1. The number of hydrogen-bond donors (Lipinski definition) is 2. The summed E-state index contributed by atoms with van der Waals surface area (Å²) in [6.07, 6.45) is 3.99. The van der Waals surface area contributed by atoms with Crippen LogP contribution in [0.2, 0.25) is 0 Å². The van der Waals surface area contributed by atoms with Gasteiger partial charge in [-0.05, 0) is 37.1 Å². The first kappa shape index (κ1) is 15.1. The minimum atomic E-state index is -0.267. The van der Waals surface area contributed by atoms with Crippen molar-refractivity contribution in [1.29, 1.82) is 0 Å². The topological polar surface area (TPSA) is 72.5 Å². The van der Waals surface area contributed by atoms with E-state index in [1.54, 1.807) is 44.7 Å². The maximum atomic E-state index is 12.3. The Morgan fingerprint density at radius 3 is 2.57 bits per heavy atom. The Bertz CT molecular complexity index is 714. The zero-order valence-electron chi connectivity index (χ0n) is 13.1. The Labute approximate surface area is 134 Å². The molecular formula is C17H19N3O3. The SMILES string of the molecule is COc1ccc(NC(=O)c2cc(NC3CC3)ccn2)cc1OC. The van der Waals surface area contributed by atoms with Gasteiger partial charge in [-0.3, -0.25) is 9.78 Å². The molecule has 6 heteroatoms. The van der Waals surface area contributed by atoms with Crippen molar-refractivity contribution < 1.29 is 14.3 Å². The average molecular weight is 313 g/mol. The van der Waals surface area contributed by atoms with Gasteiger partial charge in [0.05, 0.1) is 14.2 Å². The maximum absolute atomic E-state index is 12.3. The third-order valence-electron chi connectivity index (χ3n) is 3.58. The molecule has 120 valence electrons. The highest BCUT2D eigenvalue weighted by Crippen LogP contribution is 2.30. The largest absolute Gasteiger partial charge is 0.493 e. The van der Waals surface area contributed by atoms with Crippen molar-refractivity contribution in [3.63, 3.8) is 0 Å². The first-order chi connectivity index (χ1) is 11.2. The van der Waals surface area contributed by atoms with Gasteiger partial charge in [0.2, 0.25) is 0 Å². The molecule has 1 aromatic heterocycles. The number of anilines is 2. The Morgan fingerprint density at radius 2 is 1.87 bits per heavy atom. The molecule has 1 aliphatic rings. The lowest BCUT2D eigenvalue weighted by molar-refractivity contribution is 0.102. The number of benzene rings is 1. The summed E-state index contributed by atoms with van der Waals surface area (Å²) in [5.74, 6) is 0.901. The number of carbonyl (C=O) groups excluding carboxylic acids is 1. The van der Waals surface area contributed by atoms with Crippen LogP contribution in [0.15, 0.2) is 36.5 Å². The van der Waals surface area contributed by atoms with Crippen LogP contribution in [0.3, 0.4) is 0 Å². The van der Waals surface area contributed by atoms with Gasteiger partial charge in [0, 0.05) is 29.7 Å². The van der Waals surface area contributed by atoms with Crippen LogP contribution in [-0.4, -0.2) is 31.2 Å². The van der Waals surface area contributed by atoms with E-state index in [1.165, 1.54) is 12.8 Å². The highest BCUT2D eigenvalue weighted by Gasteiger charge is 2.21. The van der Waals surface area contributed by atoms with Gasteiger partial charge in [0.25, 0.3) is 5.91 Å². The molecule has 1 heterocycles. The van der Waals surface area contributed by atoms with E-state index in [9.17, 15) is 4.79 Å². The molecular weight excluding hydrogens is 294 g/mol. The Hall–Kier alpha value is -2.76. The molecule has 2 N–H and O–H groups in total. The minimum Gasteiger partial charge on any atom is -0.493 e. The molecule has 2 aromatic rings. The van der Waals surface area contributed by atoms with E-state index in [0.29, 0.717) is 28.9 Å². The Kier molecular flexibility index (Phi) is 4.32. The smallest absolute Gasteiger partial charge is 0.274 e. The molecule has 1 aromatic carbocycles. The summed E-state index contributed by atoms with van der Waals surface area (Å²) in [7, 11) is 3.12. The number of rotatable bonds is 6. The maximum Gasteiger partial charge on any atom is 0.274 e. The molecule has 0 bridgehead atoms. The number of hydrogen-bond acceptors (Lipinski definition) is 5. The van der Waals surface area contributed by atoms with Crippen LogP contribution in [0.5, 0.6) is 11.5 Å². The summed E-state index contributed by atoms with van der Waals surface area (Å²) in [5.41, 5.74) is 1.90. The highest BCUT2D eigenvalue weighted by molar-refractivity contribution is 6.03. The van der Waals surface area contributed by atoms with Crippen LogP contribution in [0, 0.1) is 0 Å². The van der Waals surface area contributed by atoms with Gasteiger partial charge in [-0.2, -0.15) is 0 Å². The molecule has 6 nitrogen and oxygen atoms in total. The molecule has 1 fully saturated rings. The molecule has 0 aliphatic heterocycles. The summed E-state index contributed by atoms with van der Waals surface area (Å²) in [6, 6.07) is 9.36. The van der Waals surface area contributed by atoms with Crippen molar-refractivity contribution >= 4 is 17.3 Å². The second kappa shape index (κ2) is 6.56. The Morgan fingerprint density at radius 1 is 1.09 bits per heavy atom. The van der Waals surface area contributed by atoms with Gasteiger partial charge in [0.15, 0.2) is 11.5 Å². The molecule has 0 atom stereocenters. The number of methoxy groups -OCH3 is 2. The van der Waals surface area contributed by atoms with Gasteiger partial charge >= 0.3 is 0 Å². The van der Waals surface area contributed by atoms with Crippen LogP contribution in [0.25, 0.3) is 0 Å². The standard InChI is InChI=1S/C17H19N3O3/c1-22-15-6-5-12(10-16(15)23-2)20-17(21)14-9-13(7-8-18-14)19-11-3-4-11/h5-11H,3-4H2,1-2H3,(H,18,19)(H,20,21). The van der Waals surface area contributed by atoms with Crippen LogP contribution in [-0.2, 0) is 0 Å². The third-order valence-corrected chi connectivity index (χ3v) is 3.58. The number of aromatic nitrogens is 1. The van der Waals surface area contributed by atoms with Crippen molar-refractivity contribution in [3.8, 4) is 11.5 Å². The zero-order chi connectivity index (χ0) is 16.2. The van der Waals surface area contributed by atoms with Gasteiger partial charge in [-0.25, -0.2) is 0 Å². The second-order valence-corrected chi connectivity index (χ2v) is 5.37. The van der Waals surface area contributed by atoms with Gasteiger partial charge in [0.1, 0.15) is 5.69 Å². The van der Waals surface area contributed by atoms with E-state index < -0.39 is 0 Å². The van der Waals surface area contributed by atoms with Crippen LogP contribution in [0.1, 0.15) is 23.3 Å². The van der Waals surface area contributed by atoms with Crippen LogP contribution < -0.4 is 20.1 Å². The fourth-order valence-electron chi connectivity index (χ4n) is 2.22. The number of nitrogens with zero attached hydrogens (tertiary/aromatic N) is 1. The lowest BCUT2D eigenvalue weighted by atomic mass is 10.2. The summed E-state index contributed by atoms with van der Waals surface area (Å²) in [5, 5.41) is 6.17. The van der Waals surface area contributed by atoms with E-state index in [4.69, 9.17) is 9.47 Å². The monoisotopic (exact) mass is 313 g/mol. The van der Waals surface area contributed by atoms with E-state index in [1.807, 2.05) is 6.07 Å². The first-order valence-corrected chi connectivity index (χ1v) is 7.45. The van der Waals surface area contributed by atoms with Crippen molar-refractivity contribution in [2.45, 2.75) is 18.9 Å². The lowest BCUT2D eigenvalue weighted by Crippen LogP contribution is -2.14. The fourth-order valence-corrected chi connectivity index (χ4v) is 2.22. The molecule has 0 saturated heterocycles. The van der Waals surface area contributed by atoms with Crippen molar-refractivity contribution in [1.82, 2.24) is 4.98 Å². The van der Waals surface area contributed by atoms with Gasteiger partial charge < -0.3 is 20.1 Å². The van der Waals surface area contributed by atoms with Crippen molar-refractivity contribution in [2.24, 2.45) is 0 Å². The van der Waals surface area contributed by atoms with E-state index in [2.05, 4.69) is 15.6 Å². The summed E-state index contributed by atoms with van der Waals surface area (Å²) >= 11 is 0. The molecule has 0 radical (unpaired) electrons. The van der Waals surface area contributed by atoms with Crippen LogP contribution in [0.4, 0.5) is 11.4 Å². The summed E-state index contributed by atoms with van der Waals surface area (Å²) in [6.45, 7) is 0. The average Bonchev–Trinajstić information content (AvgIpc) is 3.39. The highest BCUT2D eigenvalue weighted by atomic mass is 16.5. The Balaban J connectivity index is 1.73. The molecule has 23 heavy (non-hydrogen) atoms. The molecule has 3 rings (SSSR count).